The molecule has 480 valence electrons. The molecule has 1 unspecified atom stereocenters. The van der Waals surface area contributed by atoms with Gasteiger partial charge in [0, 0.05) is 6.92 Å². The van der Waals surface area contributed by atoms with Crippen molar-refractivity contribution in [3.8, 4) is 5.75 Å². The summed E-state index contributed by atoms with van der Waals surface area (Å²) < 4.78 is 4.69. The van der Waals surface area contributed by atoms with Crippen molar-refractivity contribution in [3.05, 3.63) is 102 Å². The Balaban J connectivity index is -0.0000000582. The summed E-state index contributed by atoms with van der Waals surface area (Å²) in [4.78, 5) is 71.5. The molecule has 0 aromatic heterocycles. The van der Waals surface area contributed by atoms with Gasteiger partial charge in [0.15, 0.2) is 0 Å². The predicted molar refractivity (Wildman–Crippen MR) is 319 cm³/mol. The van der Waals surface area contributed by atoms with Crippen LogP contribution in [0.1, 0.15) is 174 Å². The maximum absolute atomic E-state index is 10.8. The third kappa shape index (κ3) is 79.0. The summed E-state index contributed by atoms with van der Waals surface area (Å²) in [6.45, 7) is 19.4. The normalized spacial score (nSPS) is 9.41. The van der Waals surface area contributed by atoms with E-state index < -0.39 is 102 Å². The molecule has 0 aliphatic heterocycles. The van der Waals surface area contributed by atoms with E-state index >= 15 is 0 Å². The molecule has 2 aromatic carbocycles. The van der Waals surface area contributed by atoms with Crippen LogP contribution in [0.5, 0.6) is 5.75 Å². The second-order valence-electron chi connectivity index (χ2n) is 15.4. The Morgan fingerprint density at radius 1 is 0.468 bits per heavy atom. The number of hydrogen-bond acceptors (Lipinski definition) is 8. The minimum atomic E-state index is -1.29. The molecule has 0 saturated carbocycles. The van der Waals surface area contributed by atoms with Gasteiger partial charge in [-0.05, 0) is 81.0 Å². The van der Waals surface area contributed by atoms with Crippen molar-refractivity contribution in [2.75, 3.05) is 0 Å². The van der Waals surface area contributed by atoms with Gasteiger partial charge < -0.3 is 72.3 Å². The van der Waals surface area contributed by atoms with E-state index in [0.717, 1.165) is 89.0 Å². The Labute approximate surface area is 529 Å². The average Bonchev–Trinajstić information content (AvgIpc) is 3.30. The first-order valence-electron chi connectivity index (χ1n) is 22.6. The van der Waals surface area contributed by atoms with E-state index in [9.17, 15) is 33.6 Å². The zero-order valence-corrected chi connectivity index (χ0v) is 59.0. The first-order chi connectivity index (χ1) is 34.2. The van der Waals surface area contributed by atoms with Crippen molar-refractivity contribution < 1.29 is 118 Å². The number of carboxylic acids is 6. The van der Waals surface area contributed by atoms with Crippen molar-refractivity contribution in [1.29, 1.82) is 0 Å². The standard InChI is InChI=1S/C13H18O2.C9H8O4.3C8H16O2.C2H2Cl2O2.6ClH.6H2N.3Pt/c1-9(2)8-11-4-6-12(7-5-11)10(3)13(14)15;1-6(10)13-8-5-3-2-4-7(8)9(11)12;3*1-3-5-7(6-4-2)8(9)10;3-1(4)2(5)6;;;;;;;;;;;;;;;/h4-7,9-10H,8H2,1-3H3,(H,14,15);2-5H,1H3,(H,11,12);3*7H,3-6H2,1-2H3,(H,9,10);1H,(H,5,6);6*1H;6*1H2;;;/q;;;;;;;;;;;;6*-1;3*+4/p-6. The molecule has 0 spiro atoms. The van der Waals surface area contributed by atoms with Crippen LogP contribution in [0.15, 0.2) is 48.5 Å². The van der Waals surface area contributed by atoms with E-state index in [4.69, 9.17) is 110 Å². The number of aromatic carboxylic acids is 1. The number of para-hydroxylation sites is 1. The molecule has 2 aromatic rings. The van der Waals surface area contributed by atoms with E-state index in [1.807, 2.05) is 65.8 Å². The van der Waals surface area contributed by atoms with Crippen LogP contribution < -0.4 is 4.74 Å². The number of esters is 1. The number of carboxylic acid groups (broad SMARTS) is 6. The molecule has 0 fully saturated rings. The largest absolute Gasteiger partial charge is 0.693 e. The fourth-order valence-electron chi connectivity index (χ4n) is 5.71. The average molecular weight is 1840 g/mol. The summed E-state index contributed by atoms with van der Waals surface area (Å²) in [6, 6.07) is 13.9. The Bertz CT molecular complexity index is 1630. The van der Waals surface area contributed by atoms with E-state index in [1.54, 1.807) is 19.1 Å². The van der Waals surface area contributed by atoms with Crippen LogP contribution in [0.3, 0.4) is 0 Å². The smallest absolute Gasteiger partial charge is 0.693 e. The molecule has 0 radical (unpaired) electrons. The van der Waals surface area contributed by atoms with Crippen molar-refractivity contribution in [1.82, 2.24) is 0 Å². The number of carbonyl (C=O) groups is 7. The third-order valence-corrected chi connectivity index (χ3v) is 9.30. The summed E-state index contributed by atoms with van der Waals surface area (Å²) in [5.74, 6) is -5.56. The van der Waals surface area contributed by atoms with Gasteiger partial charge in [-0.25, -0.2) is 9.59 Å². The molecule has 79 heavy (non-hydrogen) atoms. The molecule has 0 saturated heterocycles. The van der Waals surface area contributed by atoms with Gasteiger partial charge in [0.1, 0.15) is 11.3 Å². The van der Waals surface area contributed by atoms with Crippen LogP contribution in [-0.2, 0) is 84.6 Å². The maximum Gasteiger partial charge on any atom is -0.693 e. The second-order valence-corrected chi connectivity index (χ2v) is 26.4. The van der Waals surface area contributed by atoms with Gasteiger partial charge in [-0.15, -0.1) is 0 Å². The van der Waals surface area contributed by atoms with E-state index in [0.29, 0.717) is 5.92 Å². The van der Waals surface area contributed by atoms with Crippen molar-refractivity contribution in [2.45, 2.75) is 163 Å². The fraction of sp³-hybridized carbons (Fsp3) is 0.604. The topological polar surface area (TPSA) is 451 Å². The summed E-state index contributed by atoms with van der Waals surface area (Å²) >= 11 is 8.14. The minimum Gasteiger partial charge on any atom is -0.693 e. The molecule has 0 aliphatic carbocycles. The zero-order valence-electron chi connectivity index (χ0n) is 46.2. The molecule has 0 amide bonds. The SMILES string of the molecule is CC(=O)Oc1ccccc1C(=O)O.CC(C)Cc1ccc(C(C)C(=O)O)cc1.CCCC(CCC)C(=O)O.CCCC(CCC)C(=O)O.CCCC(CCC)C(=O)O.O=C(O)C(Cl)Cl.[Cl][Pt+2][Cl].[Cl][Pt+2][Cl].[Cl][Pt+2][Cl].[NH2-].[NH2-].[NH2-].[NH2-].[NH2-].[NH2-]. The minimum absolute atomic E-state index is 0. The molecule has 0 heterocycles. The molecular weight excluding hydrogens is 1750 g/mol. The molecule has 18 N–H and O–H groups in total. The Morgan fingerprint density at radius 2 is 0.734 bits per heavy atom. The number of rotatable bonds is 22. The number of alkyl halides is 2. The second kappa shape index (κ2) is 78.9. The van der Waals surface area contributed by atoms with Crippen LogP contribution in [0.4, 0.5) is 0 Å². The zero-order chi connectivity index (χ0) is 58.5. The number of benzene rings is 2. The monoisotopic (exact) mass is 1840 g/mol. The summed E-state index contributed by atoms with van der Waals surface area (Å²) in [6.07, 6.45) is 11.8. The fourth-order valence-corrected chi connectivity index (χ4v) is 5.71. The van der Waals surface area contributed by atoms with E-state index in [-0.39, 0.29) is 66.0 Å². The number of nitrogens with two attached hydrogens (primary N) is 6. The third-order valence-electron chi connectivity index (χ3n) is 8.92. The number of halogens is 8. The van der Waals surface area contributed by atoms with Crippen LogP contribution >= 0.6 is 79.7 Å². The van der Waals surface area contributed by atoms with Crippen LogP contribution in [0.2, 0.25) is 0 Å². The van der Waals surface area contributed by atoms with E-state index in [2.05, 4.69) is 18.6 Å². The van der Waals surface area contributed by atoms with Crippen molar-refractivity contribution in [3.63, 3.8) is 0 Å². The quantitative estimate of drug-likeness (QED) is 0.0363. The molecule has 20 nitrogen and oxygen atoms in total. The van der Waals surface area contributed by atoms with Crippen LogP contribution in [0, 0.1) is 23.7 Å². The van der Waals surface area contributed by atoms with Crippen molar-refractivity contribution in [2.24, 2.45) is 23.7 Å². The van der Waals surface area contributed by atoms with Gasteiger partial charge in [0.2, 0.25) is 4.84 Å². The van der Waals surface area contributed by atoms with Gasteiger partial charge >= 0.3 is 148 Å². The maximum atomic E-state index is 10.8. The van der Waals surface area contributed by atoms with Crippen LogP contribution in [0.25, 0.3) is 36.9 Å². The molecule has 0 aliphatic rings. The molecule has 31 heteroatoms. The number of hydrogen-bond donors (Lipinski definition) is 6. The summed E-state index contributed by atoms with van der Waals surface area (Å²) in [5.41, 5.74) is 2.12. The molecule has 1 atom stereocenters. The summed E-state index contributed by atoms with van der Waals surface area (Å²) in [7, 11) is 29.2. The first kappa shape index (κ1) is 109. The predicted octanol–water partition coefficient (Wildman–Crippen LogP) is 20.6. The van der Waals surface area contributed by atoms with Crippen molar-refractivity contribution >= 4 is 121 Å². The molecule has 2 rings (SSSR count). The van der Waals surface area contributed by atoms with Gasteiger partial charge in [0.05, 0.1) is 23.7 Å². The van der Waals surface area contributed by atoms with Gasteiger partial charge in [-0.1, -0.05) is 154 Å². The number of ether oxygens (including phenoxy) is 1. The van der Waals surface area contributed by atoms with Crippen LogP contribution in [-0.4, -0.2) is 77.3 Å². The Morgan fingerprint density at radius 3 is 0.924 bits per heavy atom. The van der Waals surface area contributed by atoms with E-state index in [1.165, 1.54) is 24.6 Å². The molecular formula is C48H88Cl8N6O14Pt3. The van der Waals surface area contributed by atoms with Gasteiger partial charge in [-0.3, -0.25) is 24.0 Å². The first-order valence-corrected chi connectivity index (χ1v) is 40.4. The number of carbonyl (C=O) groups excluding carboxylic acids is 1. The Hall–Kier alpha value is -1.13. The molecule has 0 bridgehead atoms. The number of aliphatic carboxylic acids is 5. The van der Waals surface area contributed by atoms with Gasteiger partial charge in [0.25, 0.3) is 0 Å². The van der Waals surface area contributed by atoms with Gasteiger partial charge in [-0.2, -0.15) is 0 Å². The Kier molecular flexibility index (Phi) is 109. The summed E-state index contributed by atoms with van der Waals surface area (Å²) in [5, 5.41) is 51.2.